The number of hydrogen-bond acceptors (Lipinski definition) is 5. The van der Waals surface area contributed by atoms with Gasteiger partial charge in [0.25, 0.3) is 0 Å². The van der Waals surface area contributed by atoms with E-state index in [-0.39, 0.29) is 18.2 Å². The molecule has 2 fully saturated rings. The molecular formula is C18H21ClN4O. The molecule has 0 spiro atoms. The summed E-state index contributed by atoms with van der Waals surface area (Å²) < 4.78 is 5.81. The number of hydrazine groups is 1. The molecule has 3 heterocycles. The Bertz CT molecular complexity index is 688. The molecule has 6 heteroatoms. The van der Waals surface area contributed by atoms with E-state index in [1.54, 1.807) is 6.20 Å². The standard InChI is InChI=1S/C18H21ClN4O/c19-18-9-14(5-6-21-18)16-10-15(22-23-16)12-1-3-13(4-2-12)17-11-20-7-8-24-17/h1-6,9,15-17,20,22-23H,7-8,10-11H2/t15?,16?,17-/m1/s1. The van der Waals surface area contributed by atoms with Crippen molar-refractivity contribution in [3.8, 4) is 0 Å². The van der Waals surface area contributed by atoms with E-state index >= 15 is 0 Å². The van der Waals surface area contributed by atoms with E-state index in [1.165, 1.54) is 11.1 Å². The van der Waals surface area contributed by atoms with Crippen LogP contribution in [-0.2, 0) is 4.74 Å². The van der Waals surface area contributed by atoms with Crippen LogP contribution in [0, 0.1) is 0 Å². The first-order valence-electron chi connectivity index (χ1n) is 8.34. The molecule has 2 aliphatic heterocycles. The Morgan fingerprint density at radius 3 is 2.46 bits per heavy atom. The van der Waals surface area contributed by atoms with Crippen LogP contribution in [0.2, 0.25) is 5.15 Å². The molecule has 3 atom stereocenters. The van der Waals surface area contributed by atoms with Crippen LogP contribution in [-0.4, -0.2) is 24.7 Å². The Labute approximate surface area is 146 Å². The fraction of sp³-hybridized carbons (Fsp3) is 0.389. The summed E-state index contributed by atoms with van der Waals surface area (Å²) in [5.74, 6) is 0. The average molecular weight is 345 g/mol. The number of morpholine rings is 1. The van der Waals surface area contributed by atoms with Crippen molar-refractivity contribution in [1.82, 2.24) is 21.2 Å². The van der Waals surface area contributed by atoms with Gasteiger partial charge in [0.2, 0.25) is 0 Å². The van der Waals surface area contributed by atoms with E-state index in [1.807, 2.05) is 12.1 Å². The van der Waals surface area contributed by atoms with Crippen LogP contribution in [0.1, 0.15) is 41.3 Å². The highest BCUT2D eigenvalue weighted by atomic mass is 35.5. The Morgan fingerprint density at radius 1 is 1.00 bits per heavy atom. The van der Waals surface area contributed by atoms with Gasteiger partial charge in [0.15, 0.2) is 0 Å². The Morgan fingerprint density at radius 2 is 1.75 bits per heavy atom. The topological polar surface area (TPSA) is 58.2 Å². The van der Waals surface area contributed by atoms with Gasteiger partial charge in [-0.3, -0.25) is 0 Å². The molecule has 0 aliphatic carbocycles. The van der Waals surface area contributed by atoms with Crippen molar-refractivity contribution in [3.05, 3.63) is 64.4 Å². The second kappa shape index (κ2) is 7.17. The van der Waals surface area contributed by atoms with Crippen molar-refractivity contribution >= 4 is 11.6 Å². The number of aromatic nitrogens is 1. The maximum atomic E-state index is 5.99. The third kappa shape index (κ3) is 3.45. The molecule has 0 amide bonds. The zero-order valence-electron chi connectivity index (χ0n) is 13.3. The van der Waals surface area contributed by atoms with Gasteiger partial charge in [0.1, 0.15) is 5.15 Å². The van der Waals surface area contributed by atoms with E-state index in [0.717, 1.165) is 31.7 Å². The summed E-state index contributed by atoms with van der Waals surface area (Å²) in [6, 6.07) is 13.2. The van der Waals surface area contributed by atoms with Crippen LogP contribution in [0.25, 0.3) is 0 Å². The Balaban J connectivity index is 1.43. The fourth-order valence-electron chi connectivity index (χ4n) is 3.35. The van der Waals surface area contributed by atoms with Crippen molar-refractivity contribution in [1.29, 1.82) is 0 Å². The van der Waals surface area contributed by atoms with Gasteiger partial charge >= 0.3 is 0 Å². The lowest BCUT2D eigenvalue weighted by Gasteiger charge is -2.24. The molecule has 3 N–H and O–H groups in total. The molecule has 24 heavy (non-hydrogen) atoms. The zero-order chi connectivity index (χ0) is 16.4. The fourth-order valence-corrected chi connectivity index (χ4v) is 3.53. The summed E-state index contributed by atoms with van der Waals surface area (Å²) in [6.07, 6.45) is 2.88. The molecule has 126 valence electrons. The van der Waals surface area contributed by atoms with Crippen molar-refractivity contribution < 1.29 is 4.74 Å². The minimum absolute atomic E-state index is 0.161. The third-order valence-corrected chi connectivity index (χ3v) is 4.90. The molecule has 0 bridgehead atoms. The number of nitrogens with zero attached hydrogens (tertiary/aromatic N) is 1. The molecule has 1 aromatic heterocycles. The van der Waals surface area contributed by atoms with Gasteiger partial charge in [-0.1, -0.05) is 35.9 Å². The summed E-state index contributed by atoms with van der Waals surface area (Å²) in [6.45, 7) is 2.59. The first-order chi connectivity index (χ1) is 11.8. The van der Waals surface area contributed by atoms with E-state index in [2.05, 4.69) is 45.4 Å². The highest BCUT2D eigenvalue weighted by Gasteiger charge is 2.26. The highest BCUT2D eigenvalue weighted by molar-refractivity contribution is 6.29. The molecule has 4 rings (SSSR count). The molecular weight excluding hydrogens is 324 g/mol. The molecule has 0 radical (unpaired) electrons. The smallest absolute Gasteiger partial charge is 0.129 e. The number of halogens is 1. The van der Waals surface area contributed by atoms with E-state index < -0.39 is 0 Å². The number of rotatable bonds is 3. The van der Waals surface area contributed by atoms with Crippen molar-refractivity contribution in [2.24, 2.45) is 0 Å². The van der Waals surface area contributed by atoms with Crippen LogP contribution < -0.4 is 16.2 Å². The first-order valence-corrected chi connectivity index (χ1v) is 8.72. The van der Waals surface area contributed by atoms with E-state index in [4.69, 9.17) is 16.3 Å². The second-order valence-corrected chi connectivity index (χ2v) is 6.66. The zero-order valence-corrected chi connectivity index (χ0v) is 14.1. The lowest BCUT2D eigenvalue weighted by molar-refractivity contribution is 0.0277. The average Bonchev–Trinajstić information content (AvgIpc) is 3.13. The minimum atomic E-state index is 0.161. The SMILES string of the molecule is Clc1cc(C2CC(c3ccc([C@H]4CNCCO4)cc3)NN2)ccn1. The van der Waals surface area contributed by atoms with Gasteiger partial charge < -0.3 is 10.1 Å². The normalized spacial score (nSPS) is 27.3. The largest absolute Gasteiger partial charge is 0.371 e. The lowest BCUT2D eigenvalue weighted by atomic mass is 9.97. The number of nitrogens with one attached hydrogen (secondary N) is 3. The maximum absolute atomic E-state index is 5.99. The lowest BCUT2D eigenvalue weighted by Crippen LogP contribution is -2.33. The first kappa shape index (κ1) is 16.0. The van der Waals surface area contributed by atoms with Gasteiger partial charge in [0, 0.05) is 31.4 Å². The second-order valence-electron chi connectivity index (χ2n) is 6.27. The maximum Gasteiger partial charge on any atom is 0.129 e. The Hall–Kier alpha value is -1.50. The van der Waals surface area contributed by atoms with Crippen molar-refractivity contribution in [3.63, 3.8) is 0 Å². The molecule has 5 nitrogen and oxygen atoms in total. The van der Waals surface area contributed by atoms with Crippen LogP contribution in [0.3, 0.4) is 0 Å². The Kier molecular flexibility index (Phi) is 4.78. The quantitative estimate of drug-likeness (QED) is 0.747. The molecule has 1 aromatic carbocycles. The number of benzene rings is 1. The number of pyridine rings is 1. The van der Waals surface area contributed by atoms with Gasteiger partial charge in [-0.2, -0.15) is 0 Å². The molecule has 2 aliphatic rings. The highest BCUT2D eigenvalue weighted by Crippen LogP contribution is 2.32. The molecule has 2 saturated heterocycles. The van der Waals surface area contributed by atoms with E-state index in [0.29, 0.717) is 5.15 Å². The van der Waals surface area contributed by atoms with E-state index in [9.17, 15) is 0 Å². The van der Waals surface area contributed by atoms with Crippen LogP contribution in [0.5, 0.6) is 0 Å². The van der Waals surface area contributed by atoms with Crippen LogP contribution in [0.4, 0.5) is 0 Å². The third-order valence-electron chi connectivity index (χ3n) is 4.69. The molecule has 2 unspecified atom stereocenters. The summed E-state index contributed by atoms with van der Waals surface area (Å²) in [4.78, 5) is 4.04. The predicted octanol–water partition coefficient (Wildman–Crippen LogP) is 2.68. The minimum Gasteiger partial charge on any atom is -0.371 e. The molecule has 2 aromatic rings. The summed E-state index contributed by atoms with van der Waals surface area (Å²) in [5.41, 5.74) is 10.4. The molecule has 0 saturated carbocycles. The number of hydrogen-bond donors (Lipinski definition) is 3. The van der Waals surface area contributed by atoms with Gasteiger partial charge in [-0.05, 0) is 35.2 Å². The summed E-state index contributed by atoms with van der Waals surface area (Å²) in [5, 5.41) is 3.90. The summed E-state index contributed by atoms with van der Waals surface area (Å²) >= 11 is 5.99. The monoisotopic (exact) mass is 344 g/mol. The van der Waals surface area contributed by atoms with Crippen molar-refractivity contribution in [2.75, 3.05) is 19.7 Å². The summed E-state index contributed by atoms with van der Waals surface area (Å²) in [7, 11) is 0. The van der Waals surface area contributed by atoms with Gasteiger partial charge in [-0.15, -0.1) is 0 Å². The van der Waals surface area contributed by atoms with Crippen LogP contribution in [0.15, 0.2) is 42.6 Å². The van der Waals surface area contributed by atoms with Gasteiger partial charge in [0.05, 0.1) is 12.7 Å². The van der Waals surface area contributed by atoms with Gasteiger partial charge in [-0.25, -0.2) is 15.8 Å². The number of ether oxygens (including phenoxy) is 1. The predicted molar refractivity (Wildman–Crippen MR) is 93.6 cm³/mol. The van der Waals surface area contributed by atoms with Crippen LogP contribution >= 0.6 is 11.6 Å². The van der Waals surface area contributed by atoms with Crippen molar-refractivity contribution in [2.45, 2.75) is 24.6 Å².